The third-order valence-electron chi connectivity index (χ3n) is 4.04. The summed E-state index contributed by atoms with van der Waals surface area (Å²) in [4.78, 5) is 0. The van der Waals surface area contributed by atoms with Crippen LogP contribution in [0.15, 0.2) is 6.07 Å². The Kier molecular flexibility index (Phi) is 4.21. The minimum absolute atomic E-state index is 0.472. The molecule has 1 aliphatic carbocycles. The third-order valence-corrected chi connectivity index (χ3v) is 4.04. The summed E-state index contributed by atoms with van der Waals surface area (Å²) in [7, 11) is 4.14. The van der Waals surface area contributed by atoms with Crippen LogP contribution in [0.2, 0.25) is 0 Å². The fourth-order valence-corrected chi connectivity index (χ4v) is 3.19. The van der Waals surface area contributed by atoms with E-state index >= 15 is 0 Å². The Morgan fingerprint density at radius 2 is 1.94 bits per heavy atom. The van der Waals surface area contributed by atoms with E-state index in [2.05, 4.69) is 37.5 Å². The molecular weight excluding hydrogens is 210 g/mol. The number of aryl methyl sites for hydroxylation is 2. The van der Waals surface area contributed by atoms with Gasteiger partial charge in [0.1, 0.15) is 0 Å². The molecule has 1 heterocycles. The molecule has 1 N–H and O–H groups in total. The molecule has 1 saturated carbocycles. The Bertz CT molecular complexity index is 348. The maximum Gasteiger partial charge on any atom is 0.0597 e. The van der Waals surface area contributed by atoms with E-state index in [9.17, 15) is 0 Å². The molecule has 0 amide bonds. The van der Waals surface area contributed by atoms with Gasteiger partial charge in [0, 0.05) is 7.05 Å². The van der Waals surface area contributed by atoms with E-state index in [-0.39, 0.29) is 0 Å². The number of nitrogens with one attached hydrogen (secondary N) is 1. The minimum Gasteiger partial charge on any atom is -0.311 e. The molecule has 1 aliphatic rings. The van der Waals surface area contributed by atoms with Gasteiger partial charge in [-0.3, -0.25) is 4.68 Å². The van der Waals surface area contributed by atoms with Crippen molar-refractivity contribution in [1.82, 2.24) is 15.1 Å². The first kappa shape index (κ1) is 12.6. The minimum atomic E-state index is 0.472. The summed E-state index contributed by atoms with van der Waals surface area (Å²) in [6, 6.07) is 2.70. The predicted molar refractivity (Wildman–Crippen MR) is 70.9 cm³/mol. The van der Waals surface area contributed by atoms with Gasteiger partial charge in [-0.15, -0.1) is 0 Å². The lowest BCUT2D eigenvalue weighted by Crippen LogP contribution is -2.27. The van der Waals surface area contributed by atoms with Crippen LogP contribution < -0.4 is 5.32 Å². The molecule has 0 bridgehead atoms. The second-order valence-corrected chi connectivity index (χ2v) is 5.35. The van der Waals surface area contributed by atoms with E-state index in [0.29, 0.717) is 6.04 Å². The standard InChI is InChI=1S/C14H25N3/c1-11-10-13(17(3)16-11)14(15-2)12-8-6-4-5-7-9-12/h10,12,14-15H,4-9H2,1-3H3. The van der Waals surface area contributed by atoms with Crippen molar-refractivity contribution in [3.8, 4) is 0 Å². The lowest BCUT2D eigenvalue weighted by molar-refractivity contribution is 0.328. The first-order valence-corrected chi connectivity index (χ1v) is 6.90. The van der Waals surface area contributed by atoms with Crippen molar-refractivity contribution in [2.45, 2.75) is 51.5 Å². The maximum atomic E-state index is 4.47. The molecule has 3 nitrogen and oxygen atoms in total. The zero-order valence-electron chi connectivity index (χ0n) is 11.4. The number of rotatable bonds is 3. The molecule has 0 spiro atoms. The summed E-state index contributed by atoms with van der Waals surface area (Å²) in [5, 5.41) is 7.98. The molecule has 1 aromatic heterocycles. The molecule has 1 aromatic rings. The molecule has 0 radical (unpaired) electrons. The van der Waals surface area contributed by atoms with Gasteiger partial charge in [-0.05, 0) is 38.8 Å². The quantitative estimate of drug-likeness (QED) is 0.816. The van der Waals surface area contributed by atoms with Crippen molar-refractivity contribution < 1.29 is 0 Å². The number of aromatic nitrogens is 2. The average Bonchev–Trinajstić information content (AvgIpc) is 2.55. The van der Waals surface area contributed by atoms with Crippen molar-refractivity contribution in [2.75, 3.05) is 7.05 Å². The van der Waals surface area contributed by atoms with Gasteiger partial charge in [0.15, 0.2) is 0 Å². The molecule has 17 heavy (non-hydrogen) atoms. The molecule has 3 heteroatoms. The SMILES string of the molecule is CNC(c1cc(C)nn1C)C1CCCCCC1. The van der Waals surface area contributed by atoms with E-state index in [1.54, 1.807) is 0 Å². The highest BCUT2D eigenvalue weighted by Crippen LogP contribution is 2.33. The zero-order valence-corrected chi connectivity index (χ0v) is 11.4. The van der Waals surface area contributed by atoms with E-state index in [1.807, 2.05) is 4.68 Å². The van der Waals surface area contributed by atoms with Crippen molar-refractivity contribution in [1.29, 1.82) is 0 Å². The summed E-state index contributed by atoms with van der Waals surface area (Å²) in [5.74, 6) is 0.775. The van der Waals surface area contributed by atoms with E-state index in [0.717, 1.165) is 11.6 Å². The number of nitrogens with zero attached hydrogens (tertiary/aromatic N) is 2. The van der Waals surface area contributed by atoms with Gasteiger partial charge in [0.25, 0.3) is 0 Å². The van der Waals surface area contributed by atoms with Gasteiger partial charge in [-0.2, -0.15) is 5.10 Å². The second kappa shape index (κ2) is 5.67. The van der Waals surface area contributed by atoms with Crippen molar-refractivity contribution in [3.05, 3.63) is 17.5 Å². The van der Waals surface area contributed by atoms with Gasteiger partial charge < -0.3 is 5.32 Å². The number of hydrogen-bond acceptors (Lipinski definition) is 2. The molecular formula is C14H25N3. The van der Waals surface area contributed by atoms with Crippen LogP contribution in [-0.4, -0.2) is 16.8 Å². The normalized spacial score (nSPS) is 20.2. The molecule has 0 aliphatic heterocycles. The lowest BCUT2D eigenvalue weighted by Gasteiger charge is -2.25. The fourth-order valence-electron chi connectivity index (χ4n) is 3.19. The van der Waals surface area contributed by atoms with E-state index in [1.165, 1.54) is 44.2 Å². The molecule has 2 rings (SSSR count). The Morgan fingerprint density at radius 3 is 2.41 bits per heavy atom. The van der Waals surface area contributed by atoms with Crippen LogP contribution in [0, 0.1) is 12.8 Å². The molecule has 0 aromatic carbocycles. The van der Waals surface area contributed by atoms with Gasteiger partial charge in [-0.25, -0.2) is 0 Å². The molecule has 1 fully saturated rings. The van der Waals surface area contributed by atoms with Gasteiger partial charge in [0.2, 0.25) is 0 Å². The smallest absolute Gasteiger partial charge is 0.0597 e. The van der Waals surface area contributed by atoms with Gasteiger partial charge >= 0.3 is 0 Å². The first-order valence-electron chi connectivity index (χ1n) is 6.90. The monoisotopic (exact) mass is 235 g/mol. The van der Waals surface area contributed by atoms with Crippen LogP contribution in [0.25, 0.3) is 0 Å². The van der Waals surface area contributed by atoms with Crippen molar-refractivity contribution >= 4 is 0 Å². The van der Waals surface area contributed by atoms with E-state index in [4.69, 9.17) is 0 Å². The molecule has 1 atom stereocenters. The van der Waals surface area contributed by atoms with E-state index < -0.39 is 0 Å². The van der Waals surface area contributed by atoms with Crippen molar-refractivity contribution in [3.63, 3.8) is 0 Å². The van der Waals surface area contributed by atoms with Crippen LogP contribution in [-0.2, 0) is 7.05 Å². The summed E-state index contributed by atoms with van der Waals surface area (Å²) >= 11 is 0. The summed E-state index contributed by atoms with van der Waals surface area (Å²) in [5.41, 5.74) is 2.47. The maximum absolute atomic E-state index is 4.47. The van der Waals surface area contributed by atoms with Crippen LogP contribution in [0.4, 0.5) is 0 Å². The second-order valence-electron chi connectivity index (χ2n) is 5.35. The highest BCUT2D eigenvalue weighted by molar-refractivity contribution is 5.14. The Balaban J connectivity index is 2.16. The average molecular weight is 235 g/mol. The summed E-state index contributed by atoms with van der Waals surface area (Å²) < 4.78 is 2.04. The summed E-state index contributed by atoms with van der Waals surface area (Å²) in [6.07, 6.45) is 8.32. The highest BCUT2D eigenvalue weighted by atomic mass is 15.3. The Morgan fingerprint density at radius 1 is 1.29 bits per heavy atom. The van der Waals surface area contributed by atoms with Crippen LogP contribution in [0.3, 0.4) is 0 Å². The predicted octanol–water partition coefficient (Wildman–Crippen LogP) is 2.96. The number of hydrogen-bond donors (Lipinski definition) is 1. The highest BCUT2D eigenvalue weighted by Gasteiger charge is 2.25. The van der Waals surface area contributed by atoms with Gasteiger partial charge in [-0.1, -0.05) is 25.7 Å². The first-order chi connectivity index (χ1) is 8.22. The fraction of sp³-hybridized carbons (Fsp3) is 0.786. The topological polar surface area (TPSA) is 29.9 Å². The largest absolute Gasteiger partial charge is 0.311 e. The third kappa shape index (κ3) is 2.89. The molecule has 0 saturated heterocycles. The zero-order chi connectivity index (χ0) is 12.3. The molecule has 1 unspecified atom stereocenters. The van der Waals surface area contributed by atoms with Crippen LogP contribution in [0.5, 0.6) is 0 Å². The van der Waals surface area contributed by atoms with Crippen molar-refractivity contribution in [2.24, 2.45) is 13.0 Å². The molecule has 96 valence electrons. The van der Waals surface area contributed by atoms with Gasteiger partial charge in [0.05, 0.1) is 17.4 Å². The van der Waals surface area contributed by atoms with Crippen LogP contribution in [0.1, 0.15) is 56.0 Å². The summed E-state index contributed by atoms with van der Waals surface area (Å²) in [6.45, 7) is 2.07. The van der Waals surface area contributed by atoms with Crippen LogP contribution >= 0.6 is 0 Å². The Hall–Kier alpha value is -0.830. The Labute approximate surface area is 105 Å². The lowest BCUT2D eigenvalue weighted by atomic mass is 9.89.